The Morgan fingerprint density at radius 2 is 2.04 bits per heavy atom. The molecule has 0 bridgehead atoms. The number of hydrogen-bond donors (Lipinski definition) is 3. The Morgan fingerprint density at radius 1 is 1.20 bits per heavy atom. The van der Waals surface area contributed by atoms with Crippen LogP contribution in [0.4, 0.5) is 4.39 Å². The SMILES string of the molecule is CN=C(NCCc1nc2ccccc2[nH]1)NCc1ccc(F)c(C)c1. The van der Waals surface area contributed by atoms with Gasteiger partial charge in [0.05, 0.1) is 11.0 Å². The van der Waals surface area contributed by atoms with Gasteiger partial charge in [0.15, 0.2) is 5.96 Å². The zero-order chi connectivity index (χ0) is 17.6. The minimum absolute atomic E-state index is 0.183. The monoisotopic (exact) mass is 339 g/mol. The quantitative estimate of drug-likeness (QED) is 0.495. The molecule has 0 aliphatic heterocycles. The maximum atomic E-state index is 13.3. The lowest BCUT2D eigenvalue weighted by Gasteiger charge is -2.12. The second-order valence-corrected chi connectivity index (χ2v) is 5.89. The topological polar surface area (TPSA) is 65.1 Å². The highest BCUT2D eigenvalue weighted by Crippen LogP contribution is 2.10. The van der Waals surface area contributed by atoms with Crippen LogP contribution in [0.25, 0.3) is 11.0 Å². The summed E-state index contributed by atoms with van der Waals surface area (Å²) in [7, 11) is 1.73. The third-order valence-electron chi connectivity index (χ3n) is 4.00. The highest BCUT2D eigenvalue weighted by atomic mass is 19.1. The molecular formula is C19H22FN5. The van der Waals surface area contributed by atoms with Crippen molar-refractivity contribution in [3.8, 4) is 0 Å². The number of imidazole rings is 1. The van der Waals surface area contributed by atoms with Gasteiger partial charge in [-0.1, -0.05) is 24.3 Å². The van der Waals surface area contributed by atoms with Gasteiger partial charge in [-0.15, -0.1) is 0 Å². The first-order valence-corrected chi connectivity index (χ1v) is 8.29. The van der Waals surface area contributed by atoms with Crippen molar-refractivity contribution >= 4 is 17.0 Å². The highest BCUT2D eigenvalue weighted by Gasteiger charge is 2.04. The van der Waals surface area contributed by atoms with Crippen LogP contribution >= 0.6 is 0 Å². The fourth-order valence-corrected chi connectivity index (χ4v) is 2.65. The molecule has 0 aliphatic carbocycles. The maximum absolute atomic E-state index is 13.3. The molecule has 0 aliphatic rings. The Hall–Kier alpha value is -2.89. The molecule has 6 heteroatoms. The van der Waals surface area contributed by atoms with Crippen molar-refractivity contribution in [3.05, 3.63) is 65.2 Å². The van der Waals surface area contributed by atoms with Gasteiger partial charge in [-0.25, -0.2) is 9.37 Å². The number of hydrogen-bond acceptors (Lipinski definition) is 2. The normalized spacial score (nSPS) is 11.7. The van der Waals surface area contributed by atoms with Crippen LogP contribution < -0.4 is 10.6 Å². The summed E-state index contributed by atoms with van der Waals surface area (Å²) in [6.07, 6.45) is 0.769. The largest absolute Gasteiger partial charge is 0.356 e. The summed E-state index contributed by atoms with van der Waals surface area (Å²) < 4.78 is 13.3. The molecule has 1 aromatic heterocycles. The molecule has 130 valence electrons. The van der Waals surface area contributed by atoms with E-state index in [0.29, 0.717) is 24.6 Å². The fraction of sp³-hybridized carbons (Fsp3) is 0.263. The molecule has 0 unspecified atom stereocenters. The lowest BCUT2D eigenvalue weighted by molar-refractivity contribution is 0.617. The van der Waals surface area contributed by atoms with Crippen LogP contribution in [0.1, 0.15) is 17.0 Å². The number of aromatic nitrogens is 2. The predicted octanol–water partition coefficient (Wildman–Crippen LogP) is 2.92. The predicted molar refractivity (Wildman–Crippen MR) is 99.1 cm³/mol. The molecule has 0 fully saturated rings. The number of aromatic amines is 1. The van der Waals surface area contributed by atoms with Crippen molar-refractivity contribution in [2.24, 2.45) is 4.99 Å². The standard InChI is InChI=1S/C19H22FN5/c1-13-11-14(7-8-15(13)20)12-23-19(21-2)22-10-9-18-24-16-5-3-4-6-17(16)25-18/h3-8,11H,9-10,12H2,1-2H3,(H,24,25)(H2,21,22,23). The molecule has 0 saturated carbocycles. The summed E-state index contributed by atoms with van der Waals surface area (Å²) in [6, 6.07) is 13.1. The number of H-pyrrole nitrogens is 1. The van der Waals surface area contributed by atoms with E-state index >= 15 is 0 Å². The van der Waals surface area contributed by atoms with Crippen molar-refractivity contribution < 1.29 is 4.39 Å². The van der Waals surface area contributed by atoms with E-state index in [0.717, 1.165) is 28.8 Å². The van der Waals surface area contributed by atoms with E-state index in [9.17, 15) is 4.39 Å². The summed E-state index contributed by atoms with van der Waals surface area (Å²) in [5.74, 6) is 1.47. The van der Waals surface area contributed by atoms with E-state index in [1.54, 1.807) is 20.0 Å². The molecule has 1 heterocycles. The first kappa shape index (κ1) is 17.0. The molecule has 0 radical (unpaired) electrons. The van der Waals surface area contributed by atoms with E-state index < -0.39 is 0 Å². The smallest absolute Gasteiger partial charge is 0.191 e. The van der Waals surface area contributed by atoms with Gasteiger partial charge in [-0.2, -0.15) is 0 Å². The molecule has 2 aromatic carbocycles. The van der Waals surface area contributed by atoms with Gasteiger partial charge in [0, 0.05) is 26.6 Å². The van der Waals surface area contributed by atoms with Crippen LogP contribution in [0.2, 0.25) is 0 Å². The van der Waals surface area contributed by atoms with Crippen LogP contribution in [0.15, 0.2) is 47.5 Å². The summed E-state index contributed by atoms with van der Waals surface area (Å²) in [5.41, 5.74) is 3.68. The van der Waals surface area contributed by atoms with Gasteiger partial charge in [0.2, 0.25) is 0 Å². The molecule has 0 amide bonds. The lowest BCUT2D eigenvalue weighted by atomic mass is 10.1. The third kappa shape index (κ3) is 4.35. The van der Waals surface area contributed by atoms with Crippen molar-refractivity contribution in [2.75, 3.05) is 13.6 Å². The average Bonchev–Trinajstić information content (AvgIpc) is 3.03. The number of halogens is 1. The van der Waals surface area contributed by atoms with Crippen molar-refractivity contribution in [1.82, 2.24) is 20.6 Å². The van der Waals surface area contributed by atoms with Gasteiger partial charge in [0.25, 0.3) is 0 Å². The molecule has 0 atom stereocenters. The van der Waals surface area contributed by atoms with Gasteiger partial charge in [-0.3, -0.25) is 4.99 Å². The van der Waals surface area contributed by atoms with Crippen LogP contribution in [0, 0.1) is 12.7 Å². The van der Waals surface area contributed by atoms with E-state index in [1.165, 1.54) is 6.07 Å². The molecular weight excluding hydrogens is 317 g/mol. The minimum Gasteiger partial charge on any atom is -0.356 e. The molecule has 3 aromatic rings. The fourth-order valence-electron chi connectivity index (χ4n) is 2.65. The first-order chi connectivity index (χ1) is 12.2. The number of para-hydroxylation sites is 2. The minimum atomic E-state index is -0.183. The molecule has 0 saturated heterocycles. The highest BCUT2D eigenvalue weighted by molar-refractivity contribution is 5.79. The summed E-state index contributed by atoms with van der Waals surface area (Å²) in [4.78, 5) is 12.1. The zero-order valence-electron chi connectivity index (χ0n) is 14.4. The summed E-state index contributed by atoms with van der Waals surface area (Å²) in [5, 5.41) is 6.49. The van der Waals surface area contributed by atoms with E-state index in [2.05, 4.69) is 25.6 Å². The lowest BCUT2D eigenvalue weighted by Crippen LogP contribution is -2.38. The molecule has 0 spiro atoms. The molecule has 5 nitrogen and oxygen atoms in total. The second-order valence-electron chi connectivity index (χ2n) is 5.89. The number of rotatable bonds is 5. The summed E-state index contributed by atoms with van der Waals surface area (Å²) in [6.45, 7) is 3.06. The number of aliphatic imine (C=N–C) groups is 1. The molecule has 3 rings (SSSR count). The van der Waals surface area contributed by atoms with Gasteiger partial charge in [-0.05, 0) is 36.2 Å². The Bertz CT molecular complexity index is 851. The van der Waals surface area contributed by atoms with Crippen LogP contribution in [-0.4, -0.2) is 29.5 Å². The number of guanidine groups is 1. The van der Waals surface area contributed by atoms with Gasteiger partial charge < -0.3 is 15.6 Å². The Morgan fingerprint density at radius 3 is 2.80 bits per heavy atom. The third-order valence-corrected chi connectivity index (χ3v) is 4.00. The number of benzene rings is 2. The number of aryl methyl sites for hydroxylation is 1. The Labute approximate surface area is 146 Å². The second kappa shape index (κ2) is 7.79. The Kier molecular flexibility index (Phi) is 5.28. The van der Waals surface area contributed by atoms with E-state index in [4.69, 9.17) is 0 Å². The van der Waals surface area contributed by atoms with Crippen LogP contribution in [0.5, 0.6) is 0 Å². The van der Waals surface area contributed by atoms with Crippen molar-refractivity contribution in [1.29, 1.82) is 0 Å². The van der Waals surface area contributed by atoms with E-state index in [-0.39, 0.29) is 5.82 Å². The van der Waals surface area contributed by atoms with Gasteiger partial charge in [0.1, 0.15) is 11.6 Å². The average molecular weight is 339 g/mol. The number of nitrogens with zero attached hydrogens (tertiary/aromatic N) is 2. The first-order valence-electron chi connectivity index (χ1n) is 8.29. The number of fused-ring (bicyclic) bond motifs is 1. The van der Waals surface area contributed by atoms with E-state index in [1.807, 2.05) is 30.3 Å². The number of nitrogens with one attached hydrogen (secondary N) is 3. The van der Waals surface area contributed by atoms with Gasteiger partial charge >= 0.3 is 0 Å². The molecule has 25 heavy (non-hydrogen) atoms. The van der Waals surface area contributed by atoms with Crippen LogP contribution in [0.3, 0.4) is 0 Å². The summed E-state index contributed by atoms with van der Waals surface area (Å²) >= 11 is 0. The van der Waals surface area contributed by atoms with Crippen molar-refractivity contribution in [3.63, 3.8) is 0 Å². The van der Waals surface area contributed by atoms with Crippen LogP contribution in [-0.2, 0) is 13.0 Å². The Balaban J connectivity index is 1.49. The maximum Gasteiger partial charge on any atom is 0.191 e. The molecule has 3 N–H and O–H groups in total. The van der Waals surface area contributed by atoms with Crippen molar-refractivity contribution in [2.45, 2.75) is 19.9 Å². The zero-order valence-corrected chi connectivity index (χ0v) is 14.4.